The van der Waals surface area contributed by atoms with Crippen LogP contribution in [0.3, 0.4) is 0 Å². The normalized spacial score (nSPS) is 11.5. The third kappa shape index (κ3) is 6.68. The number of likely N-dealkylation sites (N-methyl/N-ethyl adjacent to an activating group) is 1. The maximum absolute atomic E-state index is 12.0. The van der Waals surface area contributed by atoms with Crippen molar-refractivity contribution in [2.24, 2.45) is 4.99 Å². The van der Waals surface area contributed by atoms with Gasteiger partial charge in [0.1, 0.15) is 5.82 Å². The molecule has 168 valence electrons. The lowest BCUT2D eigenvalue weighted by molar-refractivity contribution is -0.116. The molecule has 0 spiro atoms. The molecule has 0 radical (unpaired) electrons. The molecule has 0 aliphatic heterocycles. The Bertz CT molecular complexity index is 1040. The highest BCUT2D eigenvalue weighted by Gasteiger charge is 2.10. The molecule has 3 rings (SSSR count). The molecule has 0 saturated carbocycles. The van der Waals surface area contributed by atoms with Gasteiger partial charge in [-0.25, -0.2) is 4.98 Å². The van der Waals surface area contributed by atoms with Gasteiger partial charge in [-0.1, -0.05) is 42.5 Å². The van der Waals surface area contributed by atoms with E-state index < -0.39 is 0 Å². The Balaban J connectivity index is 1.56. The molecule has 0 bridgehead atoms. The van der Waals surface area contributed by atoms with Crippen LogP contribution in [0.5, 0.6) is 0 Å². The first-order chi connectivity index (χ1) is 15.4. The lowest BCUT2D eigenvalue weighted by atomic mass is 10.2. The molecule has 0 unspecified atom stereocenters. The molecule has 0 saturated heterocycles. The number of rotatable bonds is 8. The number of benzene rings is 2. The molecule has 8 heteroatoms. The van der Waals surface area contributed by atoms with E-state index in [2.05, 4.69) is 37.7 Å². The van der Waals surface area contributed by atoms with Crippen LogP contribution in [0.25, 0.3) is 11.3 Å². The number of anilines is 1. The zero-order chi connectivity index (χ0) is 22.9. The van der Waals surface area contributed by atoms with E-state index in [1.165, 1.54) is 0 Å². The van der Waals surface area contributed by atoms with Gasteiger partial charge in [-0.2, -0.15) is 0 Å². The molecule has 0 aliphatic rings. The highest BCUT2D eigenvalue weighted by Crippen LogP contribution is 2.16. The molecular weight excluding hydrogens is 402 g/mol. The molecule has 1 heterocycles. The maximum atomic E-state index is 12.0. The van der Waals surface area contributed by atoms with Gasteiger partial charge < -0.3 is 25.4 Å². The first kappa shape index (κ1) is 23.0. The second kappa shape index (κ2) is 11.1. The van der Waals surface area contributed by atoms with Crippen molar-refractivity contribution in [1.82, 2.24) is 25.1 Å². The van der Waals surface area contributed by atoms with Gasteiger partial charge in [0, 0.05) is 26.3 Å². The molecule has 1 aromatic heterocycles. The predicted molar refractivity (Wildman–Crippen MR) is 129 cm³/mol. The Morgan fingerprint density at radius 2 is 1.88 bits per heavy atom. The average molecular weight is 434 g/mol. The maximum Gasteiger partial charge on any atom is 0.238 e. The Kier molecular flexibility index (Phi) is 7.99. The Morgan fingerprint density at radius 3 is 2.59 bits per heavy atom. The number of imidazole rings is 1. The van der Waals surface area contributed by atoms with Crippen molar-refractivity contribution in [3.8, 4) is 11.3 Å². The van der Waals surface area contributed by atoms with Crippen molar-refractivity contribution in [1.29, 1.82) is 0 Å². The summed E-state index contributed by atoms with van der Waals surface area (Å²) in [5.74, 6) is 1.58. The van der Waals surface area contributed by atoms with Crippen LogP contribution in [0.15, 0.2) is 65.8 Å². The van der Waals surface area contributed by atoms with Crippen LogP contribution >= 0.6 is 0 Å². The monoisotopic (exact) mass is 433 g/mol. The van der Waals surface area contributed by atoms with E-state index in [1.807, 2.05) is 79.6 Å². The number of nitrogens with one attached hydrogen (secondary N) is 3. The number of H-pyrrole nitrogens is 1. The fourth-order valence-electron chi connectivity index (χ4n) is 3.32. The van der Waals surface area contributed by atoms with Gasteiger partial charge in [-0.3, -0.25) is 9.79 Å². The van der Waals surface area contributed by atoms with E-state index in [1.54, 1.807) is 7.05 Å². The molecule has 3 N–H and O–H groups in total. The summed E-state index contributed by atoms with van der Waals surface area (Å²) in [6.07, 6.45) is 1.85. The van der Waals surface area contributed by atoms with Gasteiger partial charge in [0.15, 0.2) is 5.96 Å². The van der Waals surface area contributed by atoms with Crippen molar-refractivity contribution in [2.75, 3.05) is 40.1 Å². The van der Waals surface area contributed by atoms with Gasteiger partial charge >= 0.3 is 0 Å². The Labute approximate surface area is 189 Å². The van der Waals surface area contributed by atoms with Crippen molar-refractivity contribution >= 4 is 17.6 Å². The quantitative estimate of drug-likeness (QED) is 0.376. The minimum atomic E-state index is -0.0380. The average Bonchev–Trinajstić information content (AvgIpc) is 3.23. The summed E-state index contributed by atoms with van der Waals surface area (Å²) in [6.45, 7) is 1.52. The lowest BCUT2D eigenvalue weighted by Gasteiger charge is -2.21. The van der Waals surface area contributed by atoms with Crippen LogP contribution in [0, 0.1) is 0 Å². The number of carbonyl (C=O) groups is 1. The third-order valence-corrected chi connectivity index (χ3v) is 4.79. The smallest absolute Gasteiger partial charge is 0.238 e. The summed E-state index contributed by atoms with van der Waals surface area (Å²) in [5, 5.41) is 6.30. The van der Waals surface area contributed by atoms with Gasteiger partial charge in [-0.05, 0) is 37.4 Å². The molecule has 0 atom stereocenters. The highest BCUT2D eigenvalue weighted by atomic mass is 16.2. The molecule has 2 aromatic carbocycles. The minimum Gasteiger partial charge on any atom is -0.352 e. The van der Waals surface area contributed by atoms with E-state index in [9.17, 15) is 4.79 Å². The molecule has 32 heavy (non-hydrogen) atoms. The van der Waals surface area contributed by atoms with E-state index in [-0.39, 0.29) is 5.91 Å². The van der Waals surface area contributed by atoms with E-state index in [4.69, 9.17) is 0 Å². The summed E-state index contributed by atoms with van der Waals surface area (Å²) in [5.41, 5.74) is 3.93. The molecule has 0 aliphatic carbocycles. The molecule has 1 amide bonds. The Morgan fingerprint density at radius 1 is 1.09 bits per heavy atom. The van der Waals surface area contributed by atoms with E-state index >= 15 is 0 Å². The van der Waals surface area contributed by atoms with Gasteiger partial charge in [-0.15, -0.1) is 0 Å². The van der Waals surface area contributed by atoms with Crippen LogP contribution in [-0.2, 0) is 17.9 Å². The summed E-state index contributed by atoms with van der Waals surface area (Å²) in [4.78, 5) is 28.1. The number of nitrogens with zero attached hydrogens (tertiary/aromatic N) is 4. The van der Waals surface area contributed by atoms with Gasteiger partial charge in [0.25, 0.3) is 0 Å². The predicted octanol–water partition coefficient (Wildman–Crippen LogP) is 2.78. The number of aromatic nitrogens is 2. The summed E-state index contributed by atoms with van der Waals surface area (Å²) >= 11 is 0. The second-order valence-electron chi connectivity index (χ2n) is 7.85. The van der Waals surface area contributed by atoms with Crippen molar-refractivity contribution in [2.45, 2.75) is 13.1 Å². The van der Waals surface area contributed by atoms with Gasteiger partial charge in [0.2, 0.25) is 5.91 Å². The van der Waals surface area contributed by atoms with Crippen LogP contribution < -0.4 is 10.6 Å². The van der Waals surface area contributed by atoms with Crippen LogP contribution in [-0.4, -0.2) is 66.4 Å². The van der Waals surface area contributed by atoms with Crippen molar-refractivity contribution < 1.29 is 4.79 Å². The molecule has 3 aromatic rings. The fraction of sp³-hybridized carbons (Fsp3) is 0.292. The first-order valence-corrected chi connectivity index (χ1v) is 10.5. The van der Waals surface area contributed by atoms with E-state index in [0.717, 1.165) is 34.3 Å². The number of guanidine groups is 1. The van der Waals surface area contributed by atoms with Crippen LogP contribution in [0.1, 0.15) is 11.4 Å². The summed E-state index contributed by atoms with van der Waals surface area (Å²) in [6, 6.07) is 17.9. The number of aromatic amines is 1. The first-order valence-electron chi connectivity index (χ1n) is 10.5. The molecular formula is C24H31N7O. The highest BCUT2D eigenvalue weighted by molar-refractivity contribution is 5.92. The number of aliphatic imine (C=N–C) groups is 1. The third-order valence-electron chi connectivity index (χ3n) is 4.79. The number of hydrogen-bond acceptors (Lipinski definition) is 4. The summed E-state index contributed by atoms with van der Waals surface area (Å²) in [7, 11) is 7.46. The molecule has 8 nitrogen and oxygen atoms in total. The van der Waals surface area contributed by atoms with Gasteiger partial charge in [0.05, 0.1) is 25.0 Å². The van der Waals surface area contributed by atoms with E-state index in [0.29, 0.717) is 19.6 Å². The zero-order valence-electron chi connectivity index (χ0n) is 19.1. The summed E-state index contributed by atoms with van der Waals surface area (Å²) < 4.78 is 0. The lowest BCUT2D eigenvalue weighted by Crippen LogP contribution is -2.38. The number of hydrogen-bond donors (Lipinski definition) is 3. The largest absolute Gasteiger partial charge is 0.352 e. The van der Waals surface area contributed by atoms with Crippen molar-refractivity contribution in [3.05, 3.63) is 72.2 Å². The van der Waals surface area contributed by atoms with Crippen LogP contribution in [0.4, 0.5) is 5.69 Å². The van der Waals surface area contributed by atoms with Crippen molar-refractivity contribution in [3.63, 3.8) is 0 Å². The minimum absolute atomic E-state index is 0.0380. The topological polar surface area (TPSA) is 88.7 Å². The number of amides is 1. The molecule has 0 fully saturated rings. The number of carbonyl (C=O) groups excluding carboxylic acids is 1. The fourth-order valence-corrected chi connectivity index (χ4v) is 3.32. The zero-order valence-corrected chi connectivity index (χ0v) is 19.1. The second-order valence-corrected chi connectivity index (χ2v) is 7.85. The Hall–Kier alpha value is -3.65. The SMILES string of the molecule is CN=C(NCc1cccc(NC(=O)CN(C)C)c1)N(C)Cc1ncc(-c2ccccc2)[nH]1. The standard InChI is InChI=1S/C24H31N7O/c1-25-24(27-14-18-9-8-12-20(13-18)28-23(32)17-30(2)3)31(4)16-22-26-15-21(29-22)19-10-6-5-7-11-19/h5-13,15H,14,16-17H2,1-4H3,(H,25,27)(H,26,29)(H,28,32). The van der Waals surface area contributed by atoms with Crippen LogP contribution in [0.2, 0.25) is 0 Å².